The first kappa shape index (κ1) is 13.8. The van der Waals surface area contributed by atoms with Gasteiger partial charge in [-0.1, -0.05) is 17.7 Å². The smallest absolute Gasteiger partial charge is 0.263 e. The Labute approximate surface area is 115 Å². The highest BCUT2D eigenvalue weighted by atomic mass is 35.5. The molecule has 1 aromatic heterocycles. The third kappa shape index (κ3) is 3.21. The Morgan fingerprint density at radius 1 is 1.26 bits per heavy atom. The van der Waals surface area contributed by atoms with E-state index in [0.717, 1.165) is 12.1 Å². The number of hydrogen-bond donors (Lipinski definition) is 1. The van der Waals surface area contributed by atoms with Crippen molar-refractivity contribution in [2.24, 2.45) is 0 Å². The van der Waals surface area contributed by atoms with Crippen LogP contribution in [0.2, 0.25) is 5.02 Å². The molecule has 1 heterocycles. The lowest BCUT2D eigenvalue weighted by Crippen LogP contribution is -2.14. The fraction of sp³-hybridized carbons (Fsp3) is 0.0833. The molecule has 1 aromatic carbocycles. The van der Waals surface area contributed by atoms with Crippen molar-refractivity contribution in [3.05, 3.63) is 52.9 Å². The van der Waals surface area contributed by atoms with Crippen LogP contribution < -0.4 is 4.72 Å². The second kappa shape index (κ2) is 5.14. The van der Waals surface area contributed by atoms with Gasteiger partial charge in [0.2, 0.25) is 0 Å². The van der Waals surface area contributed by atoms with Crippen molar-refractivity contribution in [1.82, 2.24) is 4.98 Å². The van der Waals surface area contributed by atoms with Gasteiger partial charge in [0.05, 0.1) is 5.02 Å². The number of benzene rings is 1. The Morgan fingerprint density at radius 2 is 2.00 bits per heavy atom. The van der Waals surface area contributed by atoms with Gasteiger partial charge < -0.3 is 0 Å². The van der Waals surface area contributed by atoms with Gasteiger partial charge in [0.15, 0.2) is 0 Å². The normalized spacial score (nSPS) is 11.3. The Kier molecular flexibility index (Phi) is 3.73. The van der Waals surface area contributed by atoms with Gasteiger partial charge in [-0.2, -0.15) is 0 Å². The lowest BCUT2D eigenvalue weighted by Gasteiger charge is -2.09. The van der Waals surface area contributed by atoms with Crippen LogP contribution in [0.5, 0.6) is 0 Å². The molecule has 19 heavy (non-hydrogen) atoms. The third-order valence-corrected chi connectivity index (χ3v) is 4.15. The molecule has 0 aliphatic heterocycles. The third-order valence-electron chi connectivity index (χ3n) is 2.31. The Morgan fingerprint density at radius 3 is 2.68 bits per heavy atom. The molecule has 0 saturated heterocycles. The lowest BCUT2D eigenvalue weighted by molar-refractivity contribution is 0.595. The van der Waals surface area contributed by atoms with Crippen molar-refractivity contribution in [2.75, 3.05) is 4.72 Å². The molecular weight excluding hydrogens is 291 g/mol. The maximum atomic E-state index is 13.1. The minimum Gasteiger partial charge on any atom is -0.263 e. The minimum absolute atomic E-state index is 0.0541. The quantitative estimate of drug-likeness (QED) is 0.948. The van der Waals surface area contributed by atoms with E-state index in [1.54, 1.807) is 19.1 Å². The summed E-state index contributed by atoms with van der Waals surface area (Å²) in [5.41, 5.74) is 0.658. The van der Waals surface area contributed by atoms with Crippen molar-refractivity contribution in [3.8, 4) is 0 Å². The molecular formula is C12H10ClFN2O2S. The zero-order valence-corrected chi connectivity index (χ0v) is 11.5. The van der Waals surface area contributed by atoms with Gasteiger partial charge in [-0.3, -0.25) is 4.72 Å². The predicted molar refractivity (Wildman–Crippen MR) is 71.2 cm³/mol. The van der Waals surface area contributed by atoms with E-state index in [9.17, 15) is 12.8 Å². The highest BCUT2D eigenvalue weighted by molar-refractivity contribution is 7.92. The molecule has 2 aromatic rings. The molecule has 0 unspecified atom stereocenters. The van der Waals surface area contributed by atoms with Gasteiger partial charge in [-0.15, -0.1) is 0 Å². The summed E-state index contributed by atoms with van der Waals surface area (Å²) < 4.78 is 39.5. The molecule has 0 aliphatic rings. The van der Waals surface area contributed by atoms with Crippen LogP contribution in [-0.2, 0) is 10.0 Å². The van der Waals surface area contributed by atoms with Crippen LogP contribution in [0.3, 0.4) is 0 Å². The largest absolute Gasteiger partial charge is 0.264 e. The number of pyridine rings is 1. The molecule has 0 radical (unpaired) electrons. The maximum absolute atomic E-state index is 13.1. The predicted octanol–water partition coefficient (Wildman–Crippen LogP) is 2.98. The second-order valence-electron chi connectivity index (χ2n) is 3.84. The van der Waals surface area contributed by atoms with Gasteiger partial charge in [0, 0.05) is 5.69 Å². The summed E-state index contributed by atoms with van der Waals surface area (Å²) in [6.45, 7) is 1.73. The monoisotopic (exact) mass is 300 g/mol. The Hall–Kier alpha value is -1.66. The fourth-order valence-electron chi connectivity index (χ4n) is 1.48. The molecule has 0 aliphatic carbocycles. The van der Waals surface area contributed by atoms with Gasteiger partial charge in [-0.25, -0.2) is 17.8 Å². The molecule has 100 valence electrons. The molecule has 0 bridgehead atoms. The first-order valence-electron chi connectivity index (χ1n) is 5.30. The van der Waals surface area contributed by atoms with Crippen LogP contribution in [0, 0.1) is 12.7 Å². The number of aromatic nitrogens is 1. The molecule has 2 rings (SSSR count). The number of hydrogen-bond acceptors (Lipinski definition) is 3. The molecule has 1 N–H and O–H groups in total. The van der Waals surface area contributed by atoms with Crippen molar-refractivity contribution in [1.29, 1.82) is 0 Å². The Bertz CT molecular complexity index is 719. The van der Waals surface area contributed by atoms with Gasteiger partial charge in [0.25, 0.3) is 10.0 Å². The van der Waals surface area contributed by atoms with E-state index in [4.69, 9.17) is 11.6 Å². The molecule has 0 spiro atoms. The van der Waals surface area contributed by atoms with E-state index in [0.29, 0.717) is 5.69 Å². The molecule has 0 amide bonds. The van der Waals surface area contributed by atoms with Crippen molar-refractivity contribution in [3.63, 3.8) is 0 Å². The van der Waals surface area contributed by atoms with Crippen LogP contribution in [0.15, 0.2) is 41.3 Å². The van der Waals surface area contributed by atoms with Crippen molar-refractivity contribution >= 4 is 27.4 Å². The van der Waals surface area contributed by atoms with Crippen LogP contribution in [-0.4, -0.2) is 13.4 Å². The standard InChI is InChI=1S/C12H10ClFN2O2S/c1-8-3-2-4-12(15-8)16-19(17,18)11-7-9(14)5-6-10(11)13/h2-7H,1H3,(H,15,16). The molecule has 0 saturated carbocycles. The summed E-state index contributed by atoms with van der Waals surface area (Å²) in [5, 5.41) is -0.0541. The second-order valence-corrected chi connectivity index (χ2v) is 5.90. The van der Waals surface area contributed by atoms with Crippen LogP contribution in [0.4, 0.5) is 10.2 Å². The van der Waals surface area contributed by atoms with Gasteiger partial charge in [0.1, 0.15) is 16.5 Å². The summed E-state index contributed by atoms with van der Waals surface area (Å²) in [6.07, 6.45) is 0. The first-order valence-corrected chi connectivity index (χ1v) is 7.16. The number of nitrogens with zero attached hydrogens (tertiary/aromatic N) is 1. The first-order chi connectivity index (χ1) is 8.88. The van der Waals surface area contributed by atoms with Gasteiger partial charge in [-0.05, 0) is 37.3 Å². The van der Waals surface area contributed by atoms with Crippen molar-refractivity contribution in [2.45, 2.75) is 11.8 Å². The zero-order chi connectivity index (χ0) is 14.0. The van der Waals surface area contributed by atoms with E-state index in [-0.39, 0.29) is 15.7 Å². The van der Waals surface area contributed by atoms with E-state index in [1.165, 1.54) is 12.1 Å². The average Bonchev–Trinajstić information content (AvgIpc) is 2.31. The summed E-state index contributed by atoms with van der Waals surface area (Å²) in [6, 6.07) is 8.03. The fourth-order valence-corrected chi connectivity index (χ4v) is 2.99. The number of anilines is 1. The summed E-state index contributed by atoms with van der Waals surface area (Å²) in [7, 11) is -3.97. The minimum atomic E-state index is -3.97. The average molecular weight is 301 g/mol. The molecule has 0 atom stereocenters. The number of sulfonamides is 1. The van der Waals surface area contributed by atoms with Gasteiger partial charge >= 0.3 is 0 Å². The SMILES string of the molecule is Cc1cccc(NS(=O)(=O)c2cc(F)ccc2Cl)n1. The van der Waals surface area contributed by atoms with Crippen LogP contribution in [0.1, 0.15) is 5.69 Å². The molecule has 4 nitrogen and oxygen atoms in total. The van der Waals surface area contributed by atoms with E-state index in [2.05, 4.69) is 9.71 Å². The zero-order valence-electron chi connectivity index (χ0n) is 9.89. The summed E-state index contributed by atoms with van der Waals surface area (Å²) in [4.78, 5) is 3.69. The van der Waals surface area contributed by atoms with E-state index in [1.807, 2.05) is 0 Å². The molecule has 7 heteroatoms. The number of aryl methyl sites for hydroxylation is 1. The van der Waals surface area contributed by atoms with Crippen molar-refractivity contribution < 1.29 is 12.8 Å². The van der Waals surface area contributed by atoms with Crippen LogP contribution in [0.25, 0.3) is 0 Å². The van der Waals surface area contributed by atoms with Crippen LogP contribution >= 0.6 is 11.6 Å². The topological polar surface area (TPSA) is 59.1 Å². The lowest BCUT2D eigenvalue weighted by atomic mass is 10.3. The number of nitrogens with one attached hydrogen (secondary N) is 1. The highest BCUT2D eigenvalue weighted by Gasteiger charge is 2.19. The number of rotatable bonds is 3. The van der Waals surface area contributed by atoms with E-state index < -0.39 is 15.8 Å². The maximum Gasteiger partial charge on any atom is 0.264 e. The summed E-state index contributed by atoms with van der Waals surface area (Å²) in [5.74, 6) is -0.526. The molecule has 0 fully saturated rings. The Balaban J connectivity index is 2.40. The number of halogens is 2. The van der Waals surface area contributed by atoms with E-state index >= 15 is 0 Å². The highest BCUT2D eigenvalue weighted by Crippen LogP contribution is 2.24. The summed E-state index contributed by atoms with van der Waals surface area (Å²) >= 11 is 5.77.